The van der Waals surface area contributed by atoms with Crippen molar-refractivity contribution in [1.29, 1.82) is 0 Å². The van der Waals surface area contributed by atoms with E-state index in [-0.39, 0.29) is 18.2 Å². The van der Waals surface area contributed by atoms with Crippen LogP contribution in [0.3, 0.4) is 0 Å². The van der Waals surface area contributed by atoms with Gasteiger partial charge in [-0.3, -0.25) is 14.5 Å². The lowest BCUT2D eigenvalue weighted by atomic mass is 9.97. The molecule has 2 amide bonds. The number of hydrogen-bond acceptors (Lipinski definition) is 4. The Labute approximate surface area is 131 Å². The van der Waals surface area contributed by atoms with E-state index in [4.69, 9.17) is 9.47 Å². The summed E-state index contributed by atoms with van der Waals surface area (Å²) in [6, 6.07) is 5.38. The van der Waals surface area contributed by atoms with Crippen molar-refractivity contribution < 1.29 is 19.1 Å². The number of methoxy groups -OCH3 is 2. The summed E-state index contributed by atoms with van der Waals surface area (Å²) in [7, 11) is 3.12. The third kappa shape index (κ3) is 3.24. The lowest BCUT2D eigenvalue weighted by Gasteiger charge is -2.15. The molecule has 1 aliphatic rings. The number of carbonyl (C=O) groups is 2. The van der Waals surface area contributed by atoms with Crippen LogP contribution in [0.4, 0.5) is 0 Å². The minimum absolute atomic E-state index is 0.0825. The van der Waals surface area contributed by atoms with Crippen LogP contribution in [-0.2, 0) is 9.59 Å². The van der Waals surface area contributed by atoms with E-state index >= 15 is 0 Å². The van der Waals surface area contributed by atoms with Crippen LogP contribution >= 0.6 is 0 Å². The summed E-state index contributed by atoms with van der Waals surface area (Å²) in [4.78, 5) is 26.0. The molecule has 120 valence electrons. The van der Waals surface area contributed by atoms with Crippen molar-refractivity contribution in [3.8, 4) is 11.5 Å². The Morgan fingerprint density at radius 2 is 1.86 bits per heavy atom. The van der Waals surface area contributed by atoms with E-state index in [9.17, 15) is 9.59 Å². The Morgan fingerprint density at radius 1 is 1.14 bits per heavy atom. The van der Waals surface area contributed by atoms with Gasteiger partial charge in [-0.2, -0.15) is 0 Å². The van der Waals surface area contributed by atoms with E-state index in [0.29, 0.717) is 18.0 Å². The molecule has 1 heterocycles. The van der Waals surface area contributed by atoms with Crippen molar-refractivity contribution in [2.75, 3.05) is 20.8 Å². The molecule has 1 unspecified atom stereocenters. The third-order valence-electron chi connectivity index (χ3n) is 4.04. The molecule has 1 aliphatic heterocycles. The van der Waals surface area contributed by atoms with Gasteiger partial charge in [-0.25, -0.2) is 0 Å². The Hall–Kier alpha value is -2.04. The average molecular weight is 305 g/mol. The molecule has 0 aromatic heterocycles. The molecule has 22 heavy (non-hydrogen) atoms. The van der Waals surface area contributed by atoms with E-state index in [0.717, 1.165) is 24.8 Å². The van der Waals surface area contributed by atoms with E-state index in [2.05, 4.69) is 6.92 Å². The highest BCUT2D eigenvalue weighted by Gasteiger charge is 2.39. The SMILES string of the molecule is CCCCCN1C(=O)CC(c2ccc(OC)c(OC)c2)C1=O. The molecule has 2 rings (SSSR count). The number of likely N-dealkylation sites (tertiary alicyclic amines) is 1. The highest BCUT2D eigenvalue weighted by Crippen LogP contribution is 2.35. The Balaban J connectivity index is 2.16. The van der Waals surface area contributed by atoms with Gasteiger partial charge < -0.3 is 9.47 Å². The molecular weight excluding hydrogens is 282 g/mol. The largest absolute Gasteiger partial charge is 0.493 e. The van der Waals surface area contributed by atoms with Gasteiger partial charge in [0.1, 0.15) is 0 Å². The molecular formula is C17H23NO4. The fraction of sp³-hybridized carbons (Fsp3) is 0.529. The number of ether oxygens (including phenoxy) is 2. The molecule has 1 saturated heterocycles. The first-order chi connectivity index (χ1) is 10.6. The van der Waals surface area contributed by atoms with E-state index in [1.807, 2.05) is 6.07 Å². The number of nitrogens with zero attached hydrogens (tertiary/aromatic N) is 1. The van der Waals surface area contributed by atoms with Crippen LogP contribution in [0.5, 0.6) is 11.5 Å². The summed E-state index contributed by atoms with van der Waals surface area (Å²) in [5, 5.41) is 0. The fourth-order valence-corrected chi connectivity index (χ4v) is 2.77. The van der Waals surface area contributed by atoms with Gasteiger partial charge in [-0.05, 0) is 24.1 Å². The lowest BCUT2D eigenvalue weighted by Crippen LogP contribution is -2.31. The summed E-state index contributed by atoms with van der Waals surface area (Å²) in [5.41, 5.74) is 0.800. The number of imide groups is 1. The molecule has 0 N–H and O–H groups in total. The van der Waals surface area contributed by atoms with Crippen molar-refractivity contribution in [2.24, 2.45) is 0 Å². The minimum atomic E-state index is -0.408. The van der Waals surface area contributed by atoms with Gasteiger partial charge in [-0.1, -0.05) is 25.8 Å². The Bertz CT molecular complexity index is 556. The van der Waals surface area contributed by atoms with Crippen LogP contribution in [0.15, 0.2) is 18.2 Å². The van der Waals surface area contributed by atoms with Crippen molar-refractivity contribution in [2.45, 2.75) is 38.5 Å². The quantitative estimate of drug-likeness (QED) is 0.574. The summed E-state index contributed by atoms with van der Waals surface area (Å²) in [6.45, 7) is 2.62. The summed E-state index contributed by atoms with van der Waals surface area (Å²) < 4.78 is 10.5. The smallest absolute Gasteiger partial charge is 0.237 e. The van der Waals surface area contributed by atoms with Gasteiger partial charge in [0.15, 0.2) is 11.5 Å². The monoisotopic (exact) mass is 305 g/mol. The predicted molar refractivity (Wildman–Crippen MR) is 83.1 cm³/mol. The molecule has 1 aromatic carbocycles. The summed E-state index contributed by atoms with van der Waals surface area (Å²) in [6.07, 6.45) is 3.19. The highest BCUT2D eigenvalue weighted by atomic mass is 16.5. The Kier molecular flexibility index (Phi) is 5.41. The molecule has 1 atom stereocenters. The van der Waals surface area contributed by atoms with Crippen LogP contribution in [0.1, 0.15) is 44.1 Å². The van der Waals surface area contributed by atoms with Crippen LogP contribution in [0.25, 0.3) is 0 Å². The van der Waals surface area contributed by atoms with Crippen LogP contribution in [0, 0.1) is 0 Å². The van der Waals surface area contributed by atoms with Crippen LogP contribution in [-0.4, -0.2) is 37.5 Å². The van der Waals surface area contributed by atoms with E-state index in [1.54, 1.807) is 26.4 Å². The first kappa shape index (κ1) is 16.3. The third-order valence-corrected chi connectivity index (χ3v) is 4.04. The second-order valence-electron chi connectivity index (χ2n) is 5.46. The van der Waals surface area contributed by atoms with Gasteiger partial charge in [0.05, 0.1) is 20.1 Å². The average Bonchev–Trinajstić information content (AvgIpc) is 2.82. The lowest BCUT2D eigenvalue weighted by molar-refractivity contribution is -0.138. The number of unbranched alkanes of at least 4 members (excludes halogenated alkanes) is 2. The molecule has 0 spiro atoms. The topological polar surface area (TPSA) is 55.8 Å². The van der Waals surface area contributed by atoms with Gasteiger partial charge in [0.25, 0.3) is 0 Å². The second-order valence-corrected chi connectivity index (χ2v) is 5.46. The molecule has 5 nitrogen and oxygen atoms in total. The van der Waals surface area contributed by atoms with Crippen molar-refractivity contribution in [3.05, 3.63) is 23.8 Å². The minimum Gasteiger partial charge on any atom is -0.493 e. The molecule has 0 radical (unpaired) electrons. The van der Waals surface area contributed by atoms with E-state index in [1.165, 1.54) is 4.90 Å². The zero-order valence-electron chi connectivity index (χ0n) is 13.4. The fourth-order valence-electron chi connectivity index (χ4n) is 2.77. The summed E-state index contributed by atoms with van der Waals surface area (Å²) in [5.74, 6) is 0.593. The maximum Gasteiger partial charge on any atom is 0.237 e. The zero-order valence-corrected chi connectivity index (χ0v) is 13.4. The molecule has 0 saturated carbocycles. The van der Waals surface area contributed by atoms with Crippen LogP contribution < -0.4 is 9.47 Å². The number of hydrogen-bond donors (Lipinski definition) is 0. The van der Waals surface area contributed by atoms with Gasteiger partial charge in [0.2, 0.25) is 11.8 Å². The number of carbonyl (C=O) groups excluding carboxylic acids is 2. The van der Waals surface area contributed by atoms with Gasteiger partial charge in [-0.15, -0.1) is 0 Å². The predicted octanol–water partition coefficient (Wildman–Crippen LogP) is 2.74. The molecule has 0 aliphatic carbocycles. The van der Waals surface area contributed by atoms with E-state index < -0.39 is 5.92 Å². The molecule has 1 aromatic rings. The molecule has 1 fully saturated rings. The first-order valence-electron chi connectivity index (χ1n) is 7.68. The number of amides is 2. The van der Waals surface area contributed by atoms with Crippen molar-refractivity contribution in [3.63, 3.8) is 0 Å². The Morgan fingerprint density at radius 3 is 2.50 bits per heavy atom. The normalized spacial score (nSPS) is 18.0. The van der Waals surface area contributed by atoms with Crippen LogP contribution in [0.2, 0.25) is 0 Å². The van der Waals surface area contributed by atoms with Crippen molar-refractivity contribution >= 4 is 11.8 Å². The maximum atomic E-state index is 12.5. The number of rotatable bonds is 7. The van der Waals surface area contributed by atoms with Gasteiger partial charge in [0, 0.05) is 13.0 Å². The number of benzene rings is 1. The first-order valence-corrected chi connectivity index (χ1v) is 7.68. The zero-order chi connectivity index (χ0) is 16.1. The molecule has 5 heteroatoms. The summed E-state index contributed by atoms with van der Waals surface area (Å²) >= 11 is 0. The highest BCUT2D eigenvalue weighted by molar-refractivity contribution is 6.06. The second kappa shape index (κ2) is 7.29. The standard InChI is InChI=1S/C17H23NO4/c1-4-5-6-9-18-16(19)11-13(17(18)20)12-7-8-14(21-2)15(10-12)22-3/h7-8,10,13H,4-6,9,11H2,1-3H3. The molecule has 0 bridgehead atoms. The van der Waals surface area contributed by atoms with Gasteiger partial charge >= 0.3 is 0 Å². The maximum absolute atomic E-state index is 12.5. The van der Waals surface area contributed by atoms with Crippen molar-refractivity contribution in [1.82, 2.24) is 4.90 Å².